The number of ether oxygens (including phenoxy) is 1. The zero-order valence-electron chi connectivity index (χ0n) is 15.1. The molecule has 1 saturated heterocycles. The van der Waals surface area contributed by atoms with Crippen LogP contribution >= 0.6 is 0 Å². The zero-order valence-corrected chi connectivity index (χ0v) is 15.1. The Morgan fingerprint density at radius 2 is 2.12 bits per heavy atom. The molecule has 1 saturated carbocycles. The molecule has 0 bridgehead atoms. The van der Waals surface area contributed by atoms with Crippen LogP contribution in [0.5, 0.6) is 5.88 Å². The van der Waals surface area contributed by atoms with Crippen molar-refractivity contribution in [3.63, 3.8) is 0 Å². The Morgan fingerprint density at radius 1 is 1.23 bits per heavy atom. The lowest BCUT2D eigenvalue weighted by atomic mass is 9.97. The molecule has 2 aliphatic rings. The van der Waals surface area contributed by atoms with Crippen molar-refractivity contribution in [3.05, 3.63) is 42.5 Å². The van der Waals surface area contributed by atoms with E-state index in [0.29, 0.717) is 29.3 Å². The number of hydrogen-bond acceptors (Lipinski definition) is 6. The SMILES string of the molecule is COc1ncccc1C(=O)N1C[C@H]2CC[C@@H](N(C)c3cnccn3)[C@H]2C1. The lowest BCUT2D eigenvalue weighted by Crippen LogP contribution is -2.39. The first-order chi connectivity index (χ1) is 12.7. The number of hydrogen-bond donors (Lipinski definition) is 0. The summed E-state index contributed by atoms with van der Waals surface area (Å²) in [5, 5.41) is 0. The quantitative estimate of drug-likeness (QED) is 0.836. The number of aromatic nitrogens is 3. The van der Waals surface area contributed by atoms with Gasteiger partial charge in [0.25, 0.3) is 5.91 Å². The minimum Gasteiger partial charge on any atom is -0.480 e. The standard InChI is InChI=1S/C19H23N5O2/c1-23(17-10-20-8-9-21-17)16-6-5-13-11-24(12-15(13)16)19(25)14-4-3-7-22-18(14)26-2/h3-4,7-10,13,15-16H,5-6,11-12H2,1-2H3/t13-,15+,16-/m1/s1. The molecule has 3 atom stereocenters. The van der Waals surface area contributed by atoms with Gasteiger partial charge in [0.1, 0.15) is 11.4 Å². The van der Waals surface area contributed by atoms with Crippen molar-refractivity contribution in [2.75, 3.05) is 32.1 Å². The van der Waals surface area contributed by atoms with Crippen LogP contribution in [0.25, 0.3) is 0 Å². The number of carbonyl (C=O) groups is 1. The number of fused-ring (bicyclic) bond motifs is 1. The molecule has 7 heteroatoms. The van der Waals surface area contributed by atoms with Crippen molar-refractivity contribution in [2.45, 2.75) is 18.9 Å². The molecular formula is C19H23N5O2. The minimum absolute atomic E-state index is 0.00487. The van der Waals surface area contributed by atoms with Crippen LogP contribution in [0.1, 0.15) is 23.2 Å². The highest BCUT2D eigenvalue weighted by Gasteiger charge is 2.46. The molecule has 26 heavy (non-hydrogen) atoms. The molecule has 0 radical (unpaired) electrons. The second-order valence-electron chi connectivity index (χ2n) is 7.01. The molecule has 2 fully saturated rings. The van der Waals surface area contributed by atoms with E-state index in [4.69, 9.17) is 4.74 Å². The van der Waals surface area contributed by atoms with E-state index in [9.17, 15) is 4.79 Å². The highest BCUT2D eigenvalue weighted by molar-refractivity contribution is 5.96. The van der Waals surface area contributed by atoms with Crippen LogP contribution < -0.4 is 9.64 Å². The summed E-state index contributed by atoms with van der Waals surface area (Å²) in [4.78, 5) is 29.9. The van der Waals surface area contributed by atoms with Crippen molar-refractivity contribution < 1.29 is 9.53 Å². The predicted octanol–water partition coefficient (Wildman–Crippen LogP) is 1.87. The molecule has 0 unspecified atom stereocenters. The average Bonchev–Trinajstić information content (AvgIpc) is 3.28. The molecule has 7 nitrogen and oxygen atoms in total. The van der Waals surface area contributed by atoms with Gasteiger partial charge in [-0.15, -0.1) is 0 Å². The van der Waals surface area contributed by atoms with E-state index in [-0.39, 0.29) is 5.91 Å². The minimum atomic E-state index is 0.00487. The van der Waals surface area contributed by atoms with Crippen LogP contribution in [0.2, 0.25) is 0 Å². The van der Waals surface area contributed by atoms with Crippen molar-refractivity contribution in [1.29, 1.82) is 0 Å². The van der Waals surface area contributed by atoms with Crippen LogP contribution in [0.3, 0.4) is 0 Å². The Balaban J connectivity index is 1.50. The molecule has 2 aromatic heterocycles. The number of likely N-dealkylation sites (tertiary alicyclic amines) is 1. The summed E-state index contributed by atoms with van der Waals surface area (Å²) in [5.41, 5.74) is 0.536. The third-order valence-electron chi connectivity index (χ3n) is 5.71. The molecule has 1 aliphatic heterocycles. The average molecular weight is 353 g/mol. The number of carbonyl (C=O) groups excluding carboxylic acids is 1. The van der Waals surface area contributed by atoms with Crippen LogP contribution in [0.15, 0.2) is 36.9 Å². The van der Waals surface area contributed by atoms with Gasteiger partial charge in [0, 0.05) is 50.7 Å². The van der Waals surface area contributed by atoms with Crippen molar-refractivity contribution in [1.82, 2.24) is 19.9 Å². The summed E-state index contributed by atoms with van der Waals surface area (Å²) >= 11 is 0. The van der Waals surface area contributed by atoms with Crippen LogP contribution in [-0.2, 0) is 0 Å². The van der Waals surface area contributed by atoms with Crippen LogP contribution in [0, 0.1) is 11.8 Å². The maximum atomic E-state index is 13.0. The Labute approximate surface area is 153 Å². The molecule has 1 amide bonds. The number of rotatable bonds is 4. The van der Waals surface area contributed by atoms with Gasteiger partial charge in [0.05, 0.1) is 13.3 Å². The summed E-state index contributed by atoms with van der Waals surface area (Å²) in [6, 6.07) is 3.94. The predicted molar refractivity (Wildman–Crippen MR) is 97.1 cm³/mol. The van der Waals surface area contributed by atoms with Gasteiger partial charge < -0.3 is 14.5 Å². The monoisotopic (exact) mass is 353 g/mol. The van der Waals surface area contributed by atoms with Crippen molar-refractivity contribution in [2.24, 2.45) is 11.8 Å². The van der Waals surface area contributed by atoms with E-state index in [1.54, 1.807) is 44.0 Å². The molecule has 0 aromatic carbocycles. The van der Waals surface area contributed by atoms with Crippen LogP contribution in [0.4, 0.5) is 5.82 Å². The van der Waals surface area contributed by atoms with Gasteiger partial charge >= 0.3 is 0 Å². The van der Waals surface area contributed by atoms with Gasteiger partial charge in [-0.05, 0) is 30.9 Å². The van der Waals surface area contributed by atoms with Gasteiger partial charge in [-0.1, -0.05) is 0 Å². The number of anilines is 1. The second-order valence-corrected chi connectivity index (χ2v) is 7.01. The lowest BCUT2D eigenvalue weighted by Gasteiger charge is -2.30. The topological polar surface area (TPSA) is 71.5 Å². The summed E-state index contributed by atoms with van der Waals surface area (Å²) in [6.45, 7) is 1.56. The molecule has 4 rings (SSSR count). The largest absolute Gasteiger partial charge is 0.480 e. The first-order valence-electron chi connectivity index (χ1n) is 8.96. The molecular weight excluding hydrogens is 330 g/mol. The third-order valence-corrected chi connectivity index (χ3v) is 5.71. The van der Waals surface area contributed by atoms with E-state index < -0.39 is 0 Å². The Kier molecular flexibility index (Phi) is 4.44. The number of pyridine rings is 1. The van der Waals surface area contributed by atoms with E-state index >= 15 is 0 Å². The van der Waals surface area contributed by atoms with Gasteiger partial charge in [0.15, 0.2) is 0 Å². The summed E-state index contributed by atoms with van der Waals surface area (Å²) in [7, 11) is 3.62. The second kappa shape index (κ2) is 6.90. The fraction of sp³-hybridized carbons (Fsp3) is 0.474. The summed E-state index contributed by atoms with van der Waals surface area (Å²) in [5.74, 6) is 2.27. The molecule has 1 aliphatic carbocycles. The molecule has 3 heterocycles. The number of amides is 1. The van der Waals surface area contributed by atoms with Gasteiger partial charge in [0.2, 0.25) is 5.88 Å². The maximum Gasteiger partial charge on any atom is 0.259 e. The van der Waals surface area contributed by atoms with E-state index in [1.165, 1.54) is 0 Å². The van der Waals surface area contributed by atoms with Crippen LogP contribution in [-0.4, -0.2) is 59.0 Å². The first-order valence-corrected chi connectivity index (χ1v) is 8.96. The Morgan fingerprint density at radius 3 is 2.88 bits per heavy atom. The third kappa shape index (κ3) is 2.87. The normalized spacial score (nSPS) is 24.4. The first kappa shape index (κ1) is 16.8. The van der Waals surface area contributed by atoms with Gasteiger partial charge in [-0.3, -0.25) is 9.78 Å². The maximum absolute atomic E-state index is 13.0. The number of methoxy groups -OCH3 is 1. The molecule has 0 N–H and O–H groups in total. The fourth-order valence-electron chi connectivity index (χ4n) is 4.41. The van der Waals surface area contributed by atoms with E-state index in [1.807, 2.05) is 4.90 Å². The Hall–Kier alpha value is -2.70. The molecule has 0 spiro atoms. The Bertz CT molecular complexity index is 785. The zero-order chi connectivity index (χ0) is 18.1. The molecule has 2 aromatic rings. The number of nitrogens with zero attached hydrogens (tertiary/aromatic N) is 5. The highest BCUT2D eigenvalue weighted by Crippen LogP contribution is 2.41. The van der Waals surface area contributed by atoms with E-state index in [2.05, 4.69) is 26.9 Å². The smallest absolute Gasteiger partial charge is 0.259 e. The van der Waals surface area contributed by atoms with E-state index in [0.717, 1.165) is 31.7 Å². The van der Waals surface area contributed by atoms with Crippen molar-refractivity contribution in [3.8, 4) is 5.88 Å². The summed E-state index contributed by atoms with van der Waals surface area (Å²) < 4.78 is 5.26. The fourth-order valence-corrected chi connectivity index (χ4v) is 4.41. The summed E-state index contributed by atoms with van der Waals surface area (Å²) in [6.07, 6.45) is 9.10. The van der Waals surface area contributed by atoms with Gasteiger partial charge in [-0.25, -0.2) is 9.97 Å². The van der Waals surface area contributed by atoms with Crippen molar-refractivity contribution >= 4 is 11.7 Å². The van der Waals surface area contributed by atoms with Gasteiger partial charge in [-0.2, -0.15) is 0 Å². The lowest BCUT2D eigenvalue weighted by molar-refractivity contribution is 0.0775. The highest BCUT2D eigenvalue weighted by atomic mass is 16.5. The molecule has 136 valence electrons.